The van der Waals surface area contributed by atoms with Gasteiger partial charge in [0, 0.05) is 27.0 Å². The summed E-state index contributed by atoms with van der Waals surface area (Å²) in [5.41, 5.74) is 3.79. The molecule has 0 unspecified atom stereocenters. The first-order valence-electron chi connectivity index (χ1n) is 8.86. The predicted molar refractivity (Wildman–Crippen MR) is 122 cm³/mol. The number of rotatable bonds is 4. The fraction of sp³-hybridized carbons (Fsp3) is 0. The summed E-state index contributed by atoms with van der Waals surface area (Å²) in [6.07, 6.45) is 3.61. The van der Waals surface area contributed by atoms with Gasteiger partial charge in [0.05, 0.1) is 10.6 Å². The molecule has 0 fully saturated rings. The smallest absolute Gasteiger partial charge is 0.269 e. The van der Waals surface area contributed by atoms with Crippen molar-refractivity contribution in [1.82, 2.24) is 0 Å². The van der Waals surface area contributed by atoms with Crippen molar-refractivity contribution >= 4 is 51.6 Å². The third kappa shape index (κ3) is 3.97. The number of nitrogens with zero attached hydrogens (tertiary/aromatic N) is 2. The van der Waals surface area contributed by atoms with Gasteiger partial charge in [0.15, 0.2) is 0 Å². The standard InChI is InChI=1S/C23H15IN2O3/c24-19-8-12-20(13-9-19)25-22(17-4-2-1-3-5-17)15-18(23(25)27)14-16-6-10-21(11-7-16)26(28)29/h1-15H/b18-14+. The molecule has 3 aromatic carbocycles. The number of hydrogen-bond donors (Lipinski definition) is 0. The van der Waals surface area contributed by atoms with Crippen LogP contribution in [0.15, 0.2) is 90.5 Å². The number of carbonyl (C=O) groups excluding carboxylic acids is 1. The van der Waals surface area contributed by atoms with E-state index in [0.29, 0.717) is 5.57 Å². The third-order valence-corrected chi connectivity index (χ3v) is 5.28. The Morgan fingerprint density at radius 2 is 1.55 bits per heavy atom. The summed E-state index contributed by atoms with van der Waals surface area (Å²) in [7, 11) is 0. The number of hydrogen-bond acceptors (Lipinski definition) is 3. The van der Waals surface area contributed by atoms with Crippen LogP contribution >= 0.6 is 22.6 Å². The summed E-state index contributed by atoms with van der Waals surface area (Å²) in [6, 6.07) is 23.7. The van der Waals surface area contributed by atoms with Crippen LogP contribution in [0.2, 0.25) is 0 Å². The maximum absolute atomic E-state index is 13.2. The summed E-state index contributed by atoms with van der Waals surface area (Å²) in [5, 5.41) is 10.9. The molecule has 0 atom stereocenters. The van der Waals surface area contributed by atoms with Crippen molar-refractivity contribution in [3.05, 3.63) is 115 Å². The highest BCUT2D eigenvalue weighted by atomic mass is 127. The first-order chi connectivity index (χ1) is 14.0. The predicted octanol–water partition coefficient (Wildman–Crippen LogP) is 5.67. The van der Waals surface area contributed by atoms with Crippen molar-refractivity contribution in [2.75, 3.05) is 4.90 Å². The van der Waals surface area contributed by atoms with Crippen LogP contribution in [-0.2, 0) is 4.79 Å². The third-order valence-electron chi connectivity index (χ3n) is 4.56. The fourth-order valence-electron chi connectivity index (χ4n) is 3.16. The summed E-state index contributed by atoms with van der Waals surface area (Å²) in [6.45, 7) is 0. The van der Waals surface area contributed by atoms with Crippen LogP contribution in [0, 0.1) is 13.7 Å². The molecule has 1 amide bonds. The largest absolute Gasteiger partial charge is 0.276 e. The van der Waals surface area contributed by atoms with Gasteiger partial charge in [0.2, 0.25) is 0 Å². The second-order valence-corrected chi connectivity index (χ2v) is 7.71. The molecule has 0 saturated carbocycles. The van der Waals surface area contributed by atoms with Gasteiger partial charge in [0.1, 0.15) is 0 Å². The Kier molecular flexibility index (Phi) is 5.26. The zero-order valence-corrected chi connectivity index (χ0v) is 17.3. The van der Waals surface area contributed by atoms with Crippen LogP contribution in [-0.4, -0.2) is 10.8 Å². The van der Waals surface area contributed by atoms with Crippen LogP contribution in [0.4, 0.5) is 11.4 Å². The zero-order chi connectivity index (χ0) is 20.4. The summed E-state index contributed by atoms with van der Waals surface area (Å²) < 4.78 is 1.09. The van der Waals surface area contributed by atoms with Crippen LogP contribution in [0.3, 0.4) is 0 Å². The van der Waals surface area contributed by atoms with Crippen molar-refractivity contribution in [1.29, 1.82) is 0 Å². The van der Waals surface area contributed by atoms with E-state index in [-0.39, 0.29) is 11.6 Å². The molecular weight excluding hydrogens is 479 g/mol. The molecule has 0 aliphatic carbocycles. The van der Waals surface area contributed by atoms with Crippen LogP contribution in [0.5, 0.6) is 0 Å². The molecule has 1 aliphatic heterocycles. The molecule has 0 radical (unpaired) electrons. The van der Waals surface area contributed by atoms with Crippen LogP contribution in [0.25, 0.3) is 11.8 Å². The molecule has 4 rings (SSSR count). The Balaban J connectivity index is 1.77. The molecule has 0 aromatic heterocycles. The first kappa shape index (κ1) is 19.1. The second-order valence-electron chi connectivity index (χ2n) is 6.46. The lowest BCUT2D eigenvalue weighted by atomic mass is 10.1. The Morgan fingerprint density at radius 3 is 2.17 bits per heavy atom. The molecule has 1 aliphatic rings. The van der Waals surface area contributed by atoms with Crippen LogP contribution < -0.4 is 4.90 Å². The highest BCUT2D eigenvalue weighted by Gasteiger charge is 2.30. The van der Waals surface area contributed by atoms with E-state index in [1.807, 2.05) is 60.7 Å². The average Bonchev–Trinajstić information content (AvgIpc) is 3.06. The van der Waals surface area contributed by atoms with E-state index >= 15 is 0 Å². The molecule has 0 saturated heterocycles. The van der Waals surface area contributed by atoms with Gasteiger partial charge >= 0.3 is 0 Å². The lowest BCUT2D eigenvalue weighted by molar-refractivity contribution is -0.384. The van der Waals surface area contributed by atoms with E-state index in [1.165, 1.54) is 12.1 Å². The van der Waals surface area contributed by atoms with Crippen molar-refractivity contribution in [2.24, 2.45) is 0 Å². The number of benzene rings is 3. The topological polar surface area (TPSA) is 63.4 Å². The number of non-ortho nitro benzene ring substituents is 1. The van der Waals surface area contributed by atoms with Gasteiger partial charge < -0.3 is 0 Å². The second kappa shape index (κ2) is 8.00. The number of halogens is 1. The highest BCUT2D eigenvalue weighted by molar-refractivity contribution is 14.1. The fourth-order valence-corrected chi connectivity index (χ4v) is 3.51. The maximum Gasteiger partial charge on any atom is 0.269 e. The quantitative estimate of drug-likeness (QED) is 0.203. The summed E-state index contributed by atoms with van der Waals surface area (Å²) in [4.78, 5) is 25.4. The van der Waals surface area contributed by atoms with Gasteiger partial charge in [0.25, 0.3) is 11.6 Å². The molecule has 29 heavy (non-hydrogen) atoms. The van der Waals surface area contributed by atoms with E-state index in [9.17, 15) is 14.9 Å². The number of nitro benzene ring substituents is 1. The molecule has 5 nitrogen and oxygen atoms in total. The Morgan fingerprint density at radius 1 is 0.897 bits per heavy atom. The van der Waals surface area contributed by atoms with Crippen molar-refractivity contribution < 1.29 is 9.72 Å². The molecule has 0 spiro atoms. The summed E-state index contributed by atoms with van der Waals surface area (Å²) in [5.74, 6) is -0.136. The number of nitro groups is 1. The minimum Gasteiger partial charge on any atom is -0.276 e. The number of anilines is 1. The molecule has 0 N–H and O–H groups in total. The van der Waals surface area contributed by atoms with Crippen molar-refractivity contribution in [2.45, 2.75) is 0 Å². The van der Waals surface area contributed by atoms with Crippen molar-refractivity contribution in [3.8, 4) is 0 Å². The monoisotopic (exact) mass is 494 g/mol. The van der Waals surface area contributed by atoms with Gasteiger partial charge in [-0.15, -0.1) is 0 Å². The number of carbonyl (C=O) groups is 1. The van der Waals surface area contributed by atoms with Gasteiger partial charge in [-0.05, 0) is 82.3 Å². The zero-order valence-electron chi connectivity index (χ0n) is 15.2. The lowest BCUT2D eigenvalue weighted by Gasteiger charge is -2.21. The lowest BCUT2D eigenvalue weighted by Crippen LogP contribution is -2.24. The summed E-state index contributed by atoms with van der Waals surface area (Å²) >= 11 is 2.23. The minimum absolute atomic E-state index is 0.0194. The van der Waals surface area contributed by atoms with Gasteiger partial charge in [-0.25, -0.2) is 0 Å². The van der Waals surface area contributed by atoms with E-state index < -0.39 is 4.92 Å². The molecule has 0 bridgehead atoms. The molecule has 1 heterocycles. The highest BCUT2D eigenvalue weighted by Crippen LogP contribution is 2.35. The average molecular weight is 494 g/mol. The molecule has 3 aromatic rings. The Labute approximate surface area is 181 Å². The van der Waals surface area contributed by atoms with Gasteiger partial charge in [-0.2, -0.15) is 0 Å². The van der Waals surface area contributed by atoms with E-state index in [1.54, 1.807) is 23.1 Å². The van der Waals surface area contributed by atoms with Crippen LogP contribution in [0.1, 0.15) is 11.1 Å². The van der Waals surface area contributed by atoms with E-state index in [2.05, 4.69) is 22.6 Å². The van der Waals surface area contributed by atoms with Crippen molar-refractivity contribution in [3.63, 3.8) is 0 Å². The molecule has 142 valence electrons. The number of amides is 1. The van der Waals surface area contributed by atoms with Gasteiger partial charge in [-0.3, -0.25) is 19.8 Å². The molecule has 6 heteroatoms. The minimum atomic E-state index is -0.441. The Bertz CT molecular complexity index is 1140. The van der Waals surface area contributed by atoms with E-state index in [0.717, 1.165) is 26.1 Å². The Hall–Kier alpha value is -3.26. The maximum atomic E-state index is 13.2. The normalized spacial score (nSPS) is 14.9. The SMILES string of the molecule is O=C1/C(=C/c2ccc([N+](=O)[O-])cc2)C=C(c2ccccc2)N1c1ccc(I)cc1. The first-order valence-corrected chi connectivity index (χ1v) is 9.94. The van der Waals surface area contributed by atoms with E-state index in [4.69, 9.17) is 0 Å². The van der Waals surface area contributed by atoms with Gasteiger partial charge in [-0.1, -0.05) is 30.3 Å². The molecular formula is C23H15IN2O3.